The lowest BCUT2D eigenvalue weighted by Crippen LogP contribution is -2.50. The molecule has 3 rings (SSSR count). The molecule has 0 spiro atoms. The molecule has 1 heterocycles. The van der Waals surface area contributed by atoms with Gasteiger partial charge in [-0.15, -0.1) is 0 Å². The van der Waals surface area contributed by atoms with Gasteiger partial charge in [-0.1, -0.05) is 23.7 Å². The third-order valence-electron chi connectivity index (χ3n) is 5.30. The Morgan fingerprint density at radius 1 is 1.10 bits per heavy atom. The summed E-state index contributed by atoms with van der Waals surface area (Å²) in [7, 11) is 1.52. The van der Waals surface area contributed by atoms with E-state index in [2.05, 4.69) is 10.2 Å². The van der Waals surface area contributed by atoms with Gasteiger partial charge in [0.1, 0.15) is 5.75 Å². The van der Waals surface area contributed by atoms with Gasteiger partial charge in [0.15, 0.2) is 0 Å². The molecule has 0 saturated carbocycles. The Morgan fingerprint density at radius 2 is 1.83 bits per heavy atom. The summed E-state index contributed by atoms with van der Waals surface area (Å²) in [6.45, 7) is 6.73. The third-order valence-corrected chi connectivity index (χ3v) is 5.53. The van der Waals surface area contributed by atoms with Gasteiger partial charge >= 0.3 is 0 Å². The van der Waals surface area contributed by atoms with E-state index in [1.54, 1.807) is 23.1 Å². The number of carbonyl (C=O) groups is 2. The highest BCUT2D eigenvalue weighted by molar-refractivity contribution is 6.30. The molecule has 154 valence electrons. The maximum Gasteiger partial charge on any atom is 0.257 e. The van der Waals surface area contributed by atoms with Crippen molar-refractivity contribution >= 4 is 29.1 Å². The number of hydrogen-bond donors (Lipinski definition) is 1. The lowest BCUT2D eigenvalue weighted by Gasteiger charge is -2.34. The van der Waals surface area contributed by atoms with Crippen LogP contribution >= 0.6 is 11.6 Å². The molecule has 2 aromatic rings. The number of nitrogens with zero attached hydrogens (tertiary/aromatic N) is 2. The van der Waals surface area contributed by atoms with Crippen molar-refractivity contribution in [3.05, 3.63) is 58.1 Å². The van der Waals surface area contributed by atoms with Crippen LogP contribution in [0, 0.1) is 13.8 Å². The lowest BCUT2D eigenvalue weighted by molar-refractivity contribution is -0.117. The largest absolute Gasteiger partial charge is 0.496 e. The first-order valence-corrected chi connectivity index (χ1v) is 9.98. The highest BCUT2D eigenvalue weighted by atomic mass is 35.5. The van der Waals surface area contributed by atoms with E-state index in [1.807, 2.05) is 32.0 Å². The molecule has 2 aromatic carbocycles. The predicted octanol–water partition coefficient (Wildman–Crippen LogP) is 3.36. The summed E-state index contributed by atoms with van der Waals surface area (Å²) in [5, 5.41) is 3.51. The van der Waals surface area contributed by atoms with Gasteiger partial charge in [-0.25, -0.2) is 0 Å². The van der Waals surface area contributed by atoms with Crippen LogP contribution in [0.1, 0.15) is 21.5 Å². The third kappa shape index (κ3) is 5.08. The molecule has 0 aliphatic carbocycles. The minimum Gasteiger partial charge on any atom is -0.496 e. The summed E-state index contributed by atoms with van der Waals surface area (Å²) in [6, 6.07) is 10.9. The van der Waals surface area contributed by atoms with Crippen molar-refractivity contribution in [1.29, 1.82) is 0 Å². The molecule has 6 nitrogen and oxygen atoms in total. The van der Waals surface area contributed by atoms with Crippen molar-refractivity contribution in [3.63, 3.8) is 0 Å². The number of rotatable bonds is 5. The van der Waals surface area contributed by atoms with Gasteiger partial charge < -0.3 is 15.0 Å². The Balaban J connectivity index is 1.54. The van der Waals surface area contributed by atoms with Gasteiger partial charge in [-0.3, -0.25) is 14.5 Å². The normalized spacial score (nSPS) is 14.6. The number of methoxy groups -OCH3 is 1. The van der Waals surface area contributed by atoms with E-state index in [9.17, 15) is 9.59 Å². The smallest absolute Gasteiger partial charge is 0.257 e. The molecule has 1 aliphatic heterocycles. The SMILES string of the molecule is COc1cc(Cl)ccc1C(=O)N1CCN(CC(=O)Nc2cccc(C)c2C)CC1. The summed E-state index contributed by atoms with van der Waals surface area (Å²) in [4.78, 5) is 29.1. The van der Waals surface area contributed by atoms with E-state index in [1.165, 1.54) is 7.11 Å². The molecule has 0 radical (unpaired) electrons. The molecule has 0 aromatic heterocycles. The fourth-order valence-corrected chi connectivity index (χ4v) is 3.56. The number of aryl methyl sites for hydroxylation is 1. The molecule has 1 N–H and O–H groups in total. The highest BCUT2D eigenvalue weighted by Crippen LogP contribution is 2.25. The van der Waals surface area contributed by atoms with Crippen molar-refractivity contribution in [1.82, 2.24) is 9.80 Å². The monoisotopic (exact) mass is 415 g/mol. The number of ether oxygens (including phenoxy) is 1. The van der Waals surface area contributed by atoms with E-state index in [4.69, 9.17) is 16.3 Å². The Morgan fingerprint density at radius 3 is 2.52 bits per heavy atom. The first-order chi connectivity index (χ1) is 13.9. The van der Waals surface area contributed by atoms with Gasteiger partial charge in [-0.05, 0) is 49.2 Å². The molecule has 7 heteroatoms. The average Bonchev–Trinajstić information content (AvgIpc) is 2.71. The molecular formula is C22H26ClN3O3. The number of carbonyl (C=O) groups excluding carboxylic acids is 2. The topological polar surface area (TPSA) is 61.9 Å². The first kappa shape index (κ1) is 21.1. The quantitative estimate of drug-likeness (QED) is 0.813. The number of hydrogen-bond acceptors (Lipinski definition) is 4. The lowest BCUT2D eigenvalue weighted by atomic mass is 10.1. The minimum absolute atomic E-state index is 0.0437. The number of benzene rings is 2. The number of amides is 2. The first-order valence-electron chi connectivity index (χ1n) is 9.60. The number of halogens is 1. The van der Waals surface area contributed by atoms with Crippen molar-refractivity contribution in [2.45, 2.75) is 13.8 Å². The number of nitrogens with one attached hydrogen (secondary N) is 1. The van der Waals surface area contributed by atoms with Crippen LogP contribution in [0.2, 0.25) is 5.02 Å². The maximum absolute atomic E-state index is 12.8. The summed E-state index contributed by atoms with van der Waals surface area (Å²) < 4.78 is 5.29. The van der Waals surface area contributed by atoms with E-state index < -0.39 is 0 Å². The molecule has 1 aliphatic rings. The van der Waals surface area contributed by atoms with Gasteiger partial charge in [0.25, 0.3) is 5.91 Å². The molecule has 0 atom stereocenters. The highest BCUT2D eigenvalue weighted by Gasteiger charge is 2.25. The summed E-state index contributed by atoms with van der Waals surface area (Å²) in [6.07, 6.45) is 0. The van der Waals surface area contributed by atoms with Crippen LogP contribution in [0.5, 0.6) is 5.75 Å². The Hall–Kier alpha value is -2.57. The second-order valence-corrected chi connectivity index (χ2v) is 7.65. The van der Waals surface area contributed by atoms with Crippen LogP contribution < -0.4 is 10.1 Å². The van der Waals surface area contributed by atoms with Crippen molar-refractivity contribution in [3.8, 4) is 5.75 Å². The molecular weight excluding hydrogens is 390 g/mol. The van der Waals surface area contributed by atoms with Gasteiger partial charge in [0.05, 0.1) is 19.2 Å². The van der Waals surface area contributed by atoms with Gasteiger partial charge in [0.2, 0.25) is 5.91 Å². The fourth-order valence-electron chi connectivity index (χ4n) is 3.40. The zero-order chi connectivity index (χ0) is 21.0. The fraction of sp³-hybridized carbons (Fsp3) is 0.364. The Kier molecular flexibility index (Phi) is 6.77. The number of piperazine rings is 1. The molecule has 2 amide bonds. The van der Waals surface area contributed by atoms with Crippen molar-refractivity contribution in [2.75, 3.05) is 45.2 Å². The summed E-state index contributed by atoms with van der Waals surface area (Å²) >= 11 is 5.98. The Labute approximate surface area is 176 Å². The molecule has 0 unspecified atom stereocenters. The van der Waals surface area contributed by atoms with Crippen LogP contribution in [0.25, 0.3) is 0 Å². The second kappa shape index (κ2) is 9.29. The zero-order valence-corrected chi connectivity index (χ0v) is 17.8. The average molecular weight is 416 g/mol. The molecule has 29 heavy (non-hydrogen) atoms. The van der Waals surface area contributed by atoms with E-state index >= 15 is 0 Å². The second-order valence-electron chi connectivity index (χ2n) is 7.21. The van der Waals surface area contributed by atoms with Crippen molar-refractivity contribution < 1.29 is 14.3 Å². The predicted molar refractivity (Wildman–Crippen MR) is 115 cm³/mol. The molecule has 0 bridgehead atoms. The molecule has 1 fully saturated rings. The van der Waals surface area contributed by atoms with Crippen LogP contribution in [-0.2, 0) is 4.79 Å². The maximum atomic E-state index is 12.8. The van der Waals surface area contributed by atoms with Gasteiger partial charge in [0, 0.05) is 36.9 Å². The summed E-state index contributed by atoms with van der Waals surface area (Å²) in [5.74, 6) is 0.341. The van der Waals surface area contributed by atoms with Crippen LogP contribution in [0.4, 0.5) is 5.69 Å². The van der Waals surface area contributed by atoms with Crippen LogP contribution in [-0.4, -0.2) is 61.4 Å². The van der Waals surface area contributed by atoms with E-state index in [-0.39, 0.29) is 11.8 Å². The molecule has 1 saturated heterocycles. The van der Waals surface area contributed by atoms with E-state index in [0.717, 1.165) is 16.8 Å². The van der Waals surface area contributed by atoms with Crippen LogP contribution in [0.15, 0.2) is 36.4 Å². The van der Waals surface area contributed by atoms with Gasteiger partial charge in [-0.2, -0.15) is 0 Å². The number of anilines is 1. The van der Waals surface area contributed by atoms with Crippen molar-refractivity contribution in [2.24, 2.45) is 0 Å². The zero-order valence-electron chi connectivity index (χ0n) is 17.0. The van der Waals surface area contributed by atoms with E-state index in [0.29, 0.717) is 49.1 Å². The Bertz CT molecular complexity index is 908. The van der Waals surface area contributed by atoms with Crippen LogP contribution in [0.3, 0.4) is 0 Å². The minimum atomic E-state index is -0.0852. The standard InChI is InChI=1S/C22H26ClN3O3/c1-15-5-4-6-19(16(15)2)24-21(27)14-25-9-11-26(12-10-25)22(28)18-8-7-17(23)13-20(18)29-3/h4-8,13H,9-12,14H2,1-3H3,(H,24,27). The summed E-state index contributed by atoms with van der Waals surface area (Å²) in [5.41, 5.74) is 3.57.